The van der Waals surface area contributed by atoms with Gasteiger partial charge in [0.05, 0.1) is 5.02 Å². The summed E-state index contributed by atoms with van der Waals surface area (Å²) in [6.07, 6.45) is 5.76. The highest BCUT2D eigenvalue weighted by Crippen LogP contribution is 2.27. The topological polar surface area (TPSA) is 38.3 Å². The van der Waals surface area contributed by atoms with E-state index in [0.29, 0.717) is 21.8 Å². The first-order valence-electron chi connectivity index (χ1n) is 6.52. The number of rotatable bonds is 4. The molecule has 1 aliphatic carbocycles. The number of halogens is 2. The zero-order valence-corrected chi connectivity index (χ0v) is 12.1. The molecule has 0 bridgehead atoms. The predicted octanol–water partition coefficient (Wildman–Crippen LogP) is 3.82. The molecule has 0 heterocycles. The van der Waals surface area contributed by atoms with Gasteiger partial charge in [0.2, 0.25) is 0 Å². The summed E-state index contributed by atoms with van der Waals surface area (Å²) in [5.41, 5.74) is 0. The number of carbonyl (C=O) groups excluding carboxylic acids is 1. The van der Waals surface area contributed by atoms with Gasteiger partial charge in [0.1, 0.15) is 5.75 Å². The normalized spacial score (nSPS) is 16.1. The maximum atomic E-state index is 11.8. The summed E-state index contributed by atoms with van der Waals surface area (Å²) < 4.78 is 5.39. The third-order valence-electron chi connectivity index (χ3n) is 3.22. The Morgan fingerprint density at radius 1 is 1.26 bits per heavy atom. The van der Waals surface area contributed by atoms with Gasteiger partial charge in [-0.1, -0.05) is 42.5 Å². The maximum Gasteiger partial charge on any atom is 0.258 e. The molecule has 2 rings (SSSR count). The maximum absolute atomic E-state index is 11.8. The molecule has 0 unspecified atom stereocenters. The Kier molecular flexibility index (Phi) is 5.34. The number of hydrogen-bond acceptors (Lipinski definition) is 2. The van der Waals surface area contributed by atoms with E-state index < -0.39 is 0 Å². The Bertz CT molecular complexity index is 445. The molecule has 0 aliphatic heterocycles. The van der Waals surface area contributed by atoms with Crippen molar-refractivity contribution in [1.29, 1.82) is 0 Å². The SMILES string of the molecule is O=C(COc1cc(Cl)ccc1Cl)NC1CCCCC1. The molecule has 5 heteroatoms. The van der Waals surface area contributed by atoms with Crippen LogP contribution >= 0.6 is 23.2 Å². The highest BCUT2D eigenvalue weighted by Gasteiger charge is 2.16. The van der Waals surface area contributed by atoms with E-state index >= 15 is 0 Å². The first-order valence-corrected chi connectivity index (χ1v) is 7.28. The van der Waals surface area contributed by atoms with Crippen molar-refractivity contribution >= 4 is 29.1 Å². The number of amides is 1. The Morgan fingerprint density at radius 3 is 2.74 bits per heavy atom. The van der Waals surface area contributed by atoms with Crippen molar-refractivity contribution in [2.24, 2.45) is 0 Å². The monoisotopic (exact) mass is 301 g/mol. The van der Waals surface area contributed by atoms with E-state index in [0.717, 1.165) is 12.8 Å². The second-order valence-corrected chi connectivity index (χ2v) is 5.61. The summed E-state index contributed by atoms with van der Waals surface area (Å²) in [7, 11) is 0. The molecule has 19 heavy (non-hydrogen) atoms. The van der Waals surface area contributed by atoms with Crippen LogP contribution in [0.25, 0.3) is 0 Å². The van der Waals surface area contributed by atoms with Crippen LogP contribution in [-0.2, 0) is 4.79 Å². The highest BCUT2D eigenvalue weighted by atomic mass is 35.5. The summed E-state index contributed by atoms with van der Waals surface area (Å²) in [6, 6.07) is 5.23. The molecule has 0 spiro atoms. The lowest BCUT2D eigenvalue weighted by Gasteiger charge is -2.22. The zero-order chi connectivity index (χ0) is 13.7. The first kappa shape index (κ1) is 14.5. The second kappa shape index (κ2) is 7.01. The third kappa shape index (κ3) is 4.59. The lowest BCUT2D eigenvalue weighted by Crippen LogP contribution is -2.38. The van der Waals surface area contributed by atoms with Gasteiger partial charge in [0.25, 0.3) is 5.91 Å². The van der Waals surface area contributed by atoms with Gasteiger partial charge in [0, 0.05) is 17.1 Å². The van der Waals surface area contributed by atoms with Gasteiger partial charge < -0.3 is 10.1 Å². The Morgan fingerprint density at radius 2 is 2.00 bits per heavy atom. The van der Waals surface area contributed by atoms with Crippen LogP contribution in [0.15, 0.2) is 18.2 Å². The molecule has 0 radical (unpaired) electrons. The number of ether oxygens (including phenoxy) is 1. The van der Waals surface area contributed by atoms with Gasteiger partial charge in [-0.3, -0.25) is 4.79 Å². The summed E-state index contributed by atoms with van der Waals surface area (Å²) in [4.78, 5) is 11.8. The number of carbonyl (C=O) groups is 1. The average molecular weight is 302 g/mol. The molecule has 1 aromatic rings. The van der Waals surface area contributed by atoms with Crippen molar-refractivity contribution in [3.8, 4) is 5.75 Å². The van der Waals surface area contributed by atoms with E-state index in [-0.39, 0.29) is 12.5 Å². The summed E-state index contributed by atoms with van der Waals surface area (Å²) in [6.45, 7) is -0.0312. The van der Waals surface area contributed by atoms with Crippen LogP contribution in [0, 0.1) is 0 Å². The molecule has 104 valence electrons. The molecule has 0 atom stereocenters. The van der Waals surface area contributed by atoms with Crippen molar-refractivity contribution in [2.45, 2.75) is 38.1 Å². The summed E-state index contributed by atoms with van der Waals surface area (Å²) >= 11 is 11.8. The largest absolute Gasteiger partial charge is 0.482 e. The Hall–Kier alpha value is -0.930. The molecule has 0 aromatic heterocycles. The average Bonchev–Trinajstić information content (AvgIpc) is 2.41. The minimum atomic E-state index is -0.108. The standard InChI is InChI=1S/C14H17Cl2NO2/c15-10-6-7-12(16)13(8-10)19-9-14(18)17-11-4-2-1-3-5-11/h6-8,11H,1-5,9H2,(H,17,18). The van der Waals surface area contributed by atoms with Crippen LogP contribution in [0.3, 0.4) is 0 Å². The van der Waals surface area contributed by atoms with Gasteiger partial charge in [-0.15, -0.1) is 0 Å². The Balaban J connectivity index is 1.81. The van der Waals surface area contributed by atoms with Crippen LogP contribution in [-0.4, -0.2) is 18.6 Å². The number of hydrogen-bond donors (Lipinski definition) is 1. The predicted molar refractivity (Wildman–Crippen MR) is 77.0 cm³/mol. The van der Waals surface area contributed by atoms with Gasteiger partial charge in [-0.2, -0.15) is 0 Å². The fourth-order valence-corrected chi connectivity index (χ4v) is 2.58. The molecule has 3 nitrogen and oxygen atoms in total. The quantitative estimate of drug-likeness (QED) is 0.918. The first-order chi connectivity index (χ1) is 9.15. The lowest BCUT2D eigenvalue weighted by molar-refractivity contribution is -0.124. The van der Waals surface area contributed by atoms with Gasteiger partial charge in [-0.05, 0) is 25.0 Å². The molecule has 1 saturated carbocycles. The van der Waals surface area contributed by atoms with Crippen LogP contribution in [0.5, 0.6) is 5.75 Å². The van der Waals surface area contributed by atoms with Crippen LogP contribution in [0.4, 0.5) is 0 Å². The minimum absolute atomic E-state index is 0.0312. The molecule has 1 aromatic carbocycles. The fourth-order valence-electron chi connectivity index (χ4n) is 2.25. The second-order valence-electron chi connectivity index (χ2n) is 4.77. The van der Waals surface area contributed by atoms with Gasteiger partial charge in [0.15, 0.2) is 6.61 Å². The van der Waals surface area contributed by atoms with E-state index in [9.17, 15) is 4.79 Å². The van der Waals surface area contributed by atoms with Crippen LogP contribution in [0.2, 0.25) is 10.0 Å². The Labute approximate surface area is 123 Å². The van der Waals surface area contributed by atoms with E-state index in [1.807, 2.05) is 0 Å². The van der Waals surface area contributed by atoms with Gasteiger partial charge in [-0.25, -0.2) is 0 Å². The van der Waals surface area contributed by atoms with Crippen molar-refractivity contribution in [3.63, 3.8) is 0 Å². The summed E-state index contributed by atoms with van der Waals surface area (Å²) in [5.74, 6) is 0.330. The number of benzene rings is 1. The third-order valence-corrected chi connectivity index (χ3v) is 3.77. The van der Waals surface area contributed by atoms with Crippen LogP contribution in [0.1, 0.15) is 32.1 Å². The molecule has 1 N–H and O–H groups in total. The smallest absolute Gasteiger partial charge is 0.258 e. The molecule has 1 amide bonds. The summed E-state index contributed by atoms with van der Waals surface area (Å²) in [5, 5.41) is 3.97. The fraction of sp³-hybridized carbons (Fsp3) is 0.500. The van der Waals surface area contributed by atoms with E-state index in [1.165, 1.54) is 19.3 Å². The van der Waals surface area contributed by atoms with Crippen molar-refractivity contribution in [3.05, 3.63) is 28.2 Å². The molecule has 0 saturated heterocycles. The number of nitrogens with one attached hydrogen (secondary N) is 1. The van der Waals surface area contributed by atoms with Crippen molar-refractivity contribution < 1.29 is 9.53 Å². The van der Waals surface area contributed by atoms with E-state index in [1.54, 1.807) is 18.2 Å². The highest BCUT2D eigenvalue weighted by molar-refractivity contribution is 6.34. The van der Waals surface area contributed by atoms with Crippen LogP contribution < -0.4 is 10.1 Å². The van der Waals surface area contributed by atoms with E-state index in [2.05, 4.69) is 5.32 Å². The van der Waals surface area contributed by atoms with E-state index in [4.69, 9.17) is 27.9 Å². The molecular formula is C14H17Cl2NO2. The minimum Gasteiger partial charge on any atom is -0.482 e. The molecular weight excluding hydrogens is 285 g/mol. The van der Waals surface area contributed by atoms with Crippen molar-refractivity contribution in [1.82, 2.24) is 5.32 Å². The van der Waals surface area contributed by atoms with Crippen molar-refractivity contribution in [2.75, 3.05) is 6.61 Å². The van der Waals surface area contributed by atoms with Gasteiger partial charge >= 0.3 is 0 Å². The molecule has 1 aliphatic rings. The molecule has 1 fully saturated rings. The lowest BCUT2D eigenvalue weighted by atomic mass is 9.95. The zero-order valence-electron chi connectivity index (χ0n) is 10.6.